The number of benzene rings is 1. The third-order valence-corrected chi connectivity index (χ3v) is 3.89. The molecule has 1 aliphatic carbocycles. The van der Waals surface area contributed by atoms with Crippen LogP contribution in [0.15, 0.2) is 18.2 Å². The first kappa shape index (κ1) is 11.9. The van der Waals surface area contributed by atoms with Gasteiger partial charge in [0.15, 0.2) is 0 Å². The highest BCUT2D eigenvalue weighted by atomic mass is 35.5. The molecule has 0 radical (unpaired) electrons. The zero-order chi connectivity index (χ0) is 11.5. The van der Waals surface area contributed by atoms with E-state index in [0.717, 1.165) is 31.2 Å². The van der Waals surface area contributed by atoms with Crippen LogP contribution in [0.4, 0.5) is 0 Å². The van der Waals surface area contributed by atoms with Crippen LogP contribution in [0.25, 0.3) is 0 Å². The Bertz CT molecular complexity index is 401. The van der Waals surface area contributed by atoms with E-state index in [4.69, 9.17) is 23.2 Å². The maximum atomic E-state index is 11.6. The number of carbonyl (C=O) groups is 1. The number of Topliss-reactive ketones (excluding diaryl/α,β-unsaturated/α-hetero) is 1. The van der Waals surface area contributed by atoms with Crippen LogP contribution in [-0.4, -0.2) is 5.78 Å². The summed E-state index contributed by atoms with van der Waals surface area (Å²) in [4.78, 5) is 11.6. The summed E-state index contributed by atoms with van der Waals surface area (Å²) in [6.45, 7) is 0. The Morgan fingerprint density at radius 1 is 1.12 bits per heavy atom. The number of halogens is 2. The average molecular weight is 257 g/mol. The van der Waals surface area contributed by atoms with Gasteiger partial charge in [-0.25, -0.2) is 0 Å². The van der Waals surface area contributed by atoms with Gasteiger partial charge >= 0.3 is 0 Å². The Morgan fingerprint density at radius 2 is 1.94 bits per heavy atom. The van der Waals surface area contributed by atoms with Crippen molar-refractivity contribution in [1.29, 1.82) is 0 Å². The molecule has 1 saturated carbocycles. The molecular weight excluding hydrogens is 243 g/mol. The highest BCUT2D eigenvalue weighted by molar-refractivity contribution is 6.42. The molecule has 86 valence electrons. The SMILES string of the molecule is O=C1CCCCC(c2ccc(Cl)c(Cl)c2)C1. The Labute approximate surface area is 106 Å². The van der Waals surface area contributed by atoms with E-state index in [2.05, 4.69) is 0 Å². The summed E-state index contributed by atoms with van der Waals surface area (Å²) < 4.78 is 0. The summed E-state index contributed by atoms with van der Waals surface area (Å²) in [6.07, 6.45) is 4.60. The third-order valence-electron chi connectivity index (χ3n) is 3.15. The lowest BCUT2D eigenvalue weighted by Gasteiger charge is -2.14. The average Bonchev–Trinajstić information content (AvgIpc) is 2.47. The molecule has 0 aromatic heterocycles. The van der Waals surface area contributed by atoms with Gasteiger partial charge in [0.05, 0.1) is 10.0 Å². The minimum Gasteiger partial charge on any atom is -0.300 e. The van der Waals surface area contributed by atoms with Crippen LogP contribution in [0, 0.1) is 0 Å². The summed E-state index contributed by atoms with van der Waals surface area (Å²) in [6, 6.07) is 5.69. The fourth-order valence-corrected chi connectivity index (χ4v) is 2.55. The lowest BCUT2D eigenvalue weighted by molar-refractivity contribution is -0.119. The first-order valence-corrected chi connectivity index (χ1v) is 6.39. The van der Waals surface area contributed by atoms with Crippen molar-refractivity contribution in [2.24, 2.45) is 0 Å². The third kappa shape index (κ3) is 2.78. The molecule has 1 aromatic rings. The molecule has 1 aromatic carbocycles. The fraction of sp³-hybridized carbons (Fsp3) is 0.462. The summed E-state index contributed by atoms with van der Waals surface area (Å²) in [5.41, 5.74) is 1.14. The molecule has 0 amide bonds. The molecule has 1 fully saturated rings. The number of hydrogen-bond donors (Lipinski definition) is 0. The van der Waals surface area contributed by atoms with Crippen molar-refractivity contribution >= 4 is 29.0 Å². The van der Waals surface area contributed by atoms with E-state index in [-0.39, 0.29) is 0 Å². The van der Waals surface area contributed by atoms with Crippen LogP contribution in [0.1, 0.15) is 43.6 Å². The van der Waals surface area contributed by atoms with Crippen LogP contribution < -0.4 is 0 Å². The van der Waals surface area contributed by atoms with Crippen LogP contribution in [0.5, 0.6) is 0 Å². The molecule has 0 aliphatic heterocycles. The summed E-state index contributed by atoms with van der Waals surface area (Å²) in [5.74, 6) is 0.693. The topological polar surface area (TPSA) is 17.1 Å². The molecule has 16 heavy (non-hydrogen) atoms. The second kappa shape index (κ2) is 5.20. The van der Waals surface area contributed by atoms with Crippen LogP contribution >= 0.6 is 23.2 Å². The minimum absolute atomic E-state index is 0.324. The first-order valence-electron chi connectivity index (χ1n) is 5.63. The van der Waals surface area contributed by atoms with Crippen LogP contribution in [0.2, 0.25) is 10.0 Å². The Hall–Kier alpha value is -0.530. The highest BCUT2D eigenvalue weighted by Crippen LogP contribution is 2.33. The maximum absolute atomic E-state index is 11.6. The largest absolute Gasteiger partial charge is 0.300 e. The Kier molecular flexibility index (Phi) is 3.88. The number of rotatable bonds is 1. The Morgan fingerprint density at radius 3 is 2.69 bits per heavy atom. The quantitative estimate of drug-likeness (QED) is 0.671. The van der Waals surface area contributed by atoms with E-state index in [1.54, 1.807) is 0 Å². The summed E-state index contributed by atoms with van der Waals surface area (Å²) >= 11 is 11.9. The van der Waals surface area contributed by atoms with Gasteiger partial charge in [-0.2, -0.15) is 0 Å². The van der Waals surface area contributed by atoms with E-state index in [1.165, 1.54) is 0 Å². The predicted molar refractivity (Wildman–Crippen MR) is 67.3 cm³/mol. The molecule has 1 unspecified atom stereocenters. The second-order valence-electron chi connectivity index (χ2n) is 4.36. The minimum atomic E-state index is 0.324. The highest BCUT2D eigenvalue weighted by Gasteiger charge is 2.19. The zero-order valence-electron chi connectivity index (χ0n) is 9.01. The van der Waals surface area contributed by atoms with Crippen molar-refractivity contribution in [3.8, 4) is 0 Å². The lowest BCUT2D eigenvalue weighted by Crippen LogP contribution is -2.03. The molecule has 1 aliphatic rings. The van der Waals surface area contributed by atoms with Gasteiger partial charge < -0.3 is 0 Å². The molecule has 0 heterocycles. The molecule has 0 N–H and O–H groups in total. The first-order chi connectivity index (χ1) is 7.66. The standard InChI is InChI=1S/C13H14Cl2O/c14-12-6-5-10(8-13(12)15)9-3-1-2-4-11(16)7-9/h5-6,8-9H,1-4,7H2. The smallest absolute Gasteiger partial charge is 0.133 e. The summed E-state index contributed by atoms with van der Waals surface area (Å²) in [7, 11) is 0. The van der Waals surface area contributed by atoms with Crippen molar-refractivity contribution < 1.29 is 4.79 Å². The molecule has 2 rings (SSSR count). The summed E-state index contributed by atoms with van der Waals surface area (Å²) in [5, 5.41) is 1.15. The molecule has 3 heteroatoms. The van der Waals surface area contributed by atoms with Gasteiger partial charge in [0, 0.05) is 12.8 Å². The van der Waals surface area contributed by atoms with E-state index in [9.17, 15) is 4.79 Å². The van der Waals surface area contributed by atoms with Crippen molar-refractivity contribution in [1.82, 2.24) is 0 Å². The molecule has 0 spiro atoms. The van der Waals surface area contributed by atoms with Crippen molar-refractivity contribution in [3.05, 3.63) is 33.8 Å². The second-order valence-corrected chi connectivity index (χ2v) is 5.17. The number of carbonyl (C=O) groups excluding carboxylic acids is 1. The lowest BCUT2D eigenvalue weighted by atomic mass is 9.91. The van der Waals surface area contributed by atoms with Crippen LogP contribution in [0.3, 0.4) is 0 Å². The number of ketones is 1. The van der Waals surface area contributed by atoms with Gasteiger partial charge in [0.1, 0.15) is 5.78 Å². The van der Waals surface area contributed by atoms with Gasteiger partial charge in [-0.05, 0) is 36.5 Å². The molecule has 0 saturated heterocycles. The normalized spacial score (nSPS) is 21.9. The van der Waals surface area contributed by atoms with Gasteiger partial charge in [-0.1, -0.05) is 35.7 Å². The maximum Gasteiger partial charge on any atom is 0.133 e. The number of hydrogen-bond acceptors (Lipinski definition) is 1. The van der Waals surface area contributed by atoms with E-state index < -0.39 is 0 Å². The molecular formula is C13H14Cl2O. The Balaban J connectivity index is 2.21. The van der Waals surface area contributed by atoms with E-state index in [1.807, 2.05) is 18.2 Å². The zero-order valence-corrected chi connectivity index (χ0v) is 10.5. The van der Waals surface area contributed by atoms with Gasteiger partial charge in [-0.3, -0.25) is 4.79 Å². The molecule has 0 bridgehead atoms. The monoisotopic (exact) mass is 256 g/mol. The van der Waals surface area contributed by atoms with Crippen molar-refractivity contribution in [2.75, 3.05) is 0 Å². The van der Waals surface area contributed by atoms with Gasteiger partial charge in [0.25, 0.3) is 0 Å². The fourth-order valence-electron chi connectivity index (χ4n) is 2.24. The molecule has 1 nitrogen and oxygen atoms in total. The van der Waals surface area contributed by atoms with Crippen LogP contribution in [-0.2, 0) is 4.79 Å². The van der Waals surface area contributed by atoms with Crippen molar-refractivity contribution in [3.63, 3.8) is 0 Å². The van der Waals surface area contributed by atoms with Gasteiger partial charge in [-0.15, -0.1) is 0 Å². The van der Waals surface area contributed by atoms with Crippen molar-refractivity contribution in [2.45, 2.75) is 38.0 Å². The molecule has 1 atom stereocenters. The van der Waals surface area contributed by atoms with E-state index >= 15 is 0 Å². The predicted octanol–water partition coefficient (Wildman–Crippen LogP) is 4.61. The van der Waals surface area contributed by atoms with Gasteiger partial charge in [0.2, 0.25) is 0 Å². The van der Waals surface area contributed by atoms with E-state index in [0.29, 0.717) is 28.2 Å².